The molecular formula is C13H17N3O8. The Morgan fingerprint density at radius 1 is 1.29 bits per heavy atom. The summed E-state index contributed by atoms with van der Waals surface area (Å²) in [6.45, 7) is -0.877. The number of aliphatic hydroxyl groups excluding tert-OH is 5. The highest BCUT2D eigenvalue weighted by molar-refractivity contribution is 5.85. The summed E-state index contributed by atoms with van der Waals surface area (Å²) in [5.74, 6) is -1.19. The SMILES string of the molecule is O=C(NN=Cc1cccc([N+](=O)[O-])c1)C(O)C(O)C(O)C(O)CO. The van der Waals surface area contributed by atoms with Crippen LogP contribution in [0.15, 0.2) is 29.4 Å². The lowest BCUT2D eigenvalue weighted by atomic mass is 10.0. The standard InChI is InChI=1S/C13H17N3O8/c17-6-9(18)10(19)11(20)12(21)13(22)15-14-5-7-2-1-3-8(4-7)16(23)24/h1-5,9-12,17-21H,6H2,(H,15,22). The minimum atomic E-state index is -2.12. The molecule has 0 spiro atoms. The van der Waals surface area contributed by atoms with Crippen LogP contribution in [0, 0.1) is 10.1 Å². The molecule has 0 aliphatic carbocycles. The molecule has 0 aliphatic heterocycles. The molecule has 11 heteroatoms. The third-order valence-electron chi connectivity index (χ3n) is 2.99. The van der Waals surface area contributed by atoms with Crippen molar-refractivity contribution in [1.82, 2.24) is 5.43 Å². The van der Waals surface area contributed by atoms with Crippen LogP contribution in [0.2, 0.25) is 0 Å². The number of nitro groups is 1. The van der Waals surface area contributed by atoms with Gasteiger partial charge in [-0.15, -0.1) is 0 Å². The molecule has 1 rings (SSSR count). The second-order valence-corrected chi connectivity index (χ2v) is 4.76. The number of nitro benzene ring substituents is 1. The van der Waals surface area contributed by atoms with Gasteiger partial charge >= 0.3 is 0 Å². The molecule has 0 saturated heterocycles. The number of hydrazone groups is 1. The molecule has 0 aromatic heterocycles. The first-order chi connectivity index (χ1) is 11.3. The predicted octanol–water partition coefficient (Wildman–Crippen LogP) is -2.52. The van der Waals surface area contributed by atoms with Gasteiger partial charge in [-0.05, 0) is 0 Å². The van der Waals surface area contributed by atoms with E-state index in [1.807, 2.05) is 5.43 Å². The molecule has 4 unspecified atom stereocenters. The summed E-state index contributed by atoms with van der Waals surface area (Å²) >= 11 is 0. The summed E-state index contributed by atoms with van der Waals surface area (Å²) in [5, 5.41) is 60.3. The van der Waals surface area contributed by atoms with Crippen molar-refractivity contribution in [2.45, 2.75) is 24.4 Å². The van der Waals surface area contributed by atoms with E-state index in [-0.39, 0.29) is 5.69 Å². The van der Waals surface area contributed by atoms with E-state index < -0.39 is 41.9 Å². The van der Waals surface area contributed by atoms with E-state index >= 15 is 0 Å². The van der Waals surface area contributed by atoms with Crippen molar-refractivity contribution in [2.75, 3.05) is 6.61 Å². The Morgan fingerprint density at radius 2 is 1.96 bits per heavy atom. The van der Waals surface area contributed by atoms with Crippen molar-refractivity contribution in [3.63, 3.8) is 0 Å². The van der Waals surface area contributed by atoms with E-state index in [4.69, 9.17) is 10.2 Å². The monoisotopic (exact) mass is 343 g/mol. The second kappa shape index (κ2) is 9.00. The zero-order valence-corrected chi connectivity index (χ0v) is 12.3. The average molecular weight is 343 g/mol. The van der Waals surface area contributed by atoms with Crippen LogP contribution in [-0.4, -0.2) is 73.6 Å². The average Bonchev–Trinajstić information content (AvgIpc) is 2.59. The molecule has 24 heavy (non-hydrogen) atoms. The molecule has 11 nitrogen and oxygen atoms in total. The highest BCUT2D eigenvalue weighted by Gasteiger charge is 2.34. The molecule has 0 bridgehead atoms. The molecule has 1 aromatic carbocycles. The van der Waals surface area contributed by atoms with Gasteiger partial charge in [-0.25, -0.2) is 5.43 Å². The van der Waals surface area contributed by atoms with Gasteiger partial charge in [-0.2, -0.15) is 5.10 Å². The zero-order valence-electron chi connectivity index (χ0n) is 12.3. The molecule has 132 valence electrons. The van der Waals surface area contributed by atoms with Crippen molar-refractivity contribution in [3.8, 4) is 0 Å². The van der Waals surface area contributed by atoms with E-state index in [9.17, 15) is 30.2 Å². The quantitative estimate of drug-likeness (QED) is 0.169. The Morgan fingerprint density at radius 3 is 2.54 bits per heavy atom. The molecule has 6 N–H and O–H groups in total. The lowest BCUT2D eigenvalue weighted by molar-refractivity contribution is -0.384. The van der Waals surface area contributed by atoms with Gasteiger partial charge in [0.25, 0.3) is 11.6 Å². The van der Waals surface area contributed by atoms with Gasteiger partial charge in [-0.1, -0.05) is 12.1 Å². The number of carbonyl (C=O) groups is 1. The second-order valence-electron chi connectivity index (χ2n) is 4.76. The first-order valence-electron chi connectivity index (χ1n) is 6.68. The molecule has 1 amide bonds. The highest BCUT2D eigenvalue weighted by atomic mass is 16.6. The van der Waals surface area contributed by atoms with Gasteiger partial charge in [-0.3, -0.25) is 14.9 Å². The Hall–Kier alpha value is -2.44. The van der Waals surface area contributed by atoms with Crippen LogP contribution in [0.3, 0.4) is 0 Å². The number of hydrogen-bond donors (Lipinski definition) is 6. The third-order valence-corrected chi connectivity index (χ3v) is 2.99. The summed E-state index contributed by atoms with van der Waals surface area (Å²) < 4.78 is 0. The van der Waals surface area contributed by atoms with Crippen molar-refractivity contribution < 1.29 is 35.3 Å². The maximum Gasteiger partial charge on any atom is 0.271 e. The number of aliphatic hydroxyl groups is 5. The number of nitrogens with zero attached hydrogens (tertiary/aromatic N) is 2. The summed E-state index contributed by atoms with van der Waals surface area (Å²) in [4.78, 5) is 21.6. The minimum absolute atomic E-state index is 0.179. The summed E-state index contributed by atoms with van der Waals surface area (Å²) in [6, 6.07) is 5.36. The first kappa shape index (κ1) is 19.6. The number of non-ortho nitro benzene ring substituents is 1. The summed E-state index contributed by atoms with van der Waals surface area (Å²) in [6.07, 6.45) is -6.79. The minimum Gasteiger partial charge on any atom is -0.394 e. The van der Waals surface area contributed by atoms with Crippen LogP contribution < -0.4 is 5.43 Å². The van der Waals surface area contributed by atoms with Crippen molar-refractivity contribution in [1.29, 1.82) is 0 Å². The summed E-state index contributed by atoms with van der Waals surface area (Å²) in [7, 11) is 0. The molecule has 4 atom stereocenters. The molecular weight excluding hydrogens is 326 g/mol. The van der Waals surface area contributed by atoms with Crippen LogP contribution in [-0.2, 0) is 4.79 Å². The van der Waals surface area contributed by atoms with Crippen molar-refractivity contribution in [3.05, 3.63) is 39.9 Å². The van der Waals surface area contributed by atoms with Crippen molar-refractivity contribution >= 4 is 17.8 Å². The van der Waals surface area contributed by atoms with Gasteiger partial charge in [0.05, 0.1) is 17.7 Å². The Kier molecular flexibility index (Phi) is 7.35. The number of amides is 1. The Bertz CT molecular complexity index is 609. The van der Waals surface area contributed by atoms with E-state index in [1.165, 1.54) is 24.3 Å². The van der Waals surface area contributed by atoms with E-state index in [0.717, 1.165) is 6.21 Å². The topological polar surface area (TPSA) is 186 Å². The lowest BCUT2D eigenvalue weighted by Gasteiger charge is -2.24. The smallest absolute Gasteiger partial charge is 0.271 e. The van der Waals surface area contributed by atoms with Gasteiger partial charge in [0.1, 0.15) is 18.3 Å². The molecule has 0 saturated carbocycles. The number of benzene rings is 1. The number of nitrogens with one attached hydrogen (secondary N) is 1. The maximum atomic E-state index is 11.6. The molecule has 0 radical (unpaired) electrons. The fourth-order valence-corrected chi connectivity index (χ4v) is 1.63. The van der Waals surface area contributed by atoms with E-state index in [0.29, 0.717) is 5.56 Å². The predicted molar refractivity (Wildman–Crippen MR) is 79.9 cm³/mol. The normalized spacial score (nSPS) is 16.4. The number of rotatable bonds is 8. The first-order valence-corrected chi connectivity index (χ1v) is 6.68. The number of hydrogen-bond acceptors (Lipinski definition) is 9. The highest BCUT2D eigenvalue weighted by Crippen LogP contribution is 2.11. The molecule has 0 aliphatic rings. The van der Waals surface area contributed by atoms with Gasteiger partial charge < -0.3 is 25.5 Å². The maximum absolute atomic E-state index is 11.6. The lowest BCUT2D eigenvalue weighted by Crippen LogP contribution is -2.50. The van der Waals surface area contributed by atoms with Crippen LogP contribution in [0.1, 0.15) is 5.56 Å². The number of carbonyl (C=O) groups excluding carboxylic acids is 1. The van der Waals surface area contributed by atoms with Gasteiger partial charge in [0, 0.05) is 17.7 Å². The van der Waals surface area contributed by atoms with Crippen LogP contribution >= 0.6 is 0 Å². The van der Waals surface area contributed by atoms with Crippen LogP contribution in [0.25, 0.3) is 0 Å². The van der Waals surface area contributed by atoms with Crippen molar-refractivity contribution in [2.24, 2.45) is 5.10 Å². The fraction of sp³-hybridized carbons (Fsp3) is 0.385. The van der Waals surface area contributed by atoms with Gasteiger partial charge in [0.2, 0.25) is 0 Å². The summed E-state index contributed by atoms with van der Waals surface area (Å²) in [5.41, 5.74) is 1.99. The van der Waals surface area contributed by atoms with E-state index in [2.05, 4.69) is 5.10 Å². The van der Waals surface area contributed by atoms with E-state index in [1.54, 1.807) is 0 Å². The fourth-order valence-electron chi connectivity index (χ4n) is 1.63. The zero-order chi connectivity index (χ0) is 18.3. The van der Waals surface area contributed by atoms with Gasteiger partial charge in [0.15, 0.2) is 6.10 Å². The Labute approximate surface area is 135 Å². The largest absolute Gasteiger partial charge is 0.394 e. The molecule has 0 fully saturated rings. The Balaban J connectivity index is 2.64. The van der Waals surface area contributed by atoms with Crippen LogP contribution in [0.4, 0.5) is 5.69 Å². The third kappa shape index (κ3) is 5.33. The molecule has 0 heterocycles. The molecule has 1 aromatic rings. The van der Waals surface area contributed by atoms with Crippen LogP contribution in [0.5, 0.6) is 0 Å².